The molecule has 1 aliphatic heterocycles. The molecule has 5 nitrogen and oxygen atoms in total. The van der Waals surface area contributed by atoms with Gasteiger partial charge in [-0.2, -0.15) is 0 Å². The molecule has 1 aliphatic rings. The smallest absolute Gasteiger partial charge is 0.264 e. The van der Waals surface area contributed by atoms with Crippen LogP contribution in [0.15, 0.2) is 12.1 Å². The molecule has 3 heterocycles. The Labute approximate surface area is 142 Å². The maximum absolute atomic E-state index is 12.5. The van der Waals surface area contributed by atoms with Crippen LogP contribution in [0.25, 0.3) is 9.75 Å². The van der Waals surface area contributed by atoms with E-state index in [9.17, 15) is 9.59 Å². The quantitative estimate of drug-likeness (QED) is 0.851. The summed E-state index contributed by atoms with van der Waals surface area (Å²) >= 11 is 3.02. The molecule has 0 unspecified atom stereocenters. The van der Waals surface area contributed by atoms with E-state index in [0.29, 0.717) is 32.7 Å². The second-order valence-corrected chi connectivity index (χ2v) is 7.64. The van der Waals surface area contributed by atoms with Crippen LogP contribution in [0.2, 0.25) is 0 Å². The average Bonchev–Trinajstić information content (AvgIpc) is 3.13. The summed E-state index contributed by atoms with van der Waals surface area (Å²) in [6.45, 7) is 6.01. The summed E-state index contributed by atoms with van der Waals surface area (Å²) in [5.74, 6) is 0.176. The third-order valence-electron chi connectivity index (χ3n) is 3.58. The highest BCUT2D eigenvalue weighted by Crippen LogP contribution is 2.35. The SMILES string of the molecule is CC(=O)Cc1nc(C)c(-c2ccc(C(=O)N3CCOCC3)s2)s1. The fourth-order valence-corrected chi connectivity index (χ4v) is 4.74. The van der Waals surface area contributed by atoms with Crippen molar-refractivity contribution in [2.24, 2.45) is 0 Å². The Morgan fingerprint density at radius 1 is 1.26 bits per heavy atom. The molecule has 0 spiro atoms. The molecule has 1 fully saturated rings. The lowest BCUT2D eigenvalue weighted by Gasteiger charge is -2.26. The van der Waals surface area contributed by atoms with E-state index in [4.69, 9.17) is 4.74 Å². The number of ether oxygens (including phenoxy) is 1. The zero-order chi connectivity index (χ0) is 16.4. The van der Waals surface area contributed by atoms with Gasteiger partial charge in [0.2, 0.25) is 0 Å². The molecule has 7 heteroatoms. The van der Waals surface area contributed by atoms with Crippen molar-refractivity contribution in [1.82, 2.24) is 9.88 Å². The Bertz CT molecular complexity index is 730. The first-order chi connectivity index (χ1) is 11.0. The first-order valence-electron chi connectivity index (χ1n) is 7.47. The van der Waals surface area contributed by atoms with Crippen LogP contribution >= 0.6 is 22.7 Å². The van der Waals surface area contributed by atoms with Crippen LogP contribution in [0.4, 0.5) is 0 Å². The van der Waals surface area contributed by atoms with Gasteiger partial charge in [-0.15, -0.1) is 22.7 Å². The predicted octanol–water partition coefficient (Wildman–Crippen LogP) is 2.78. The number of aryl methyl sites for hydroxylation is 1. The normalized spacial score (nSPS) is 15.0. The summed E-state index contributed by atoms with van der Waals surface area (Å²) in [5.41, 5.74) is 0.915. The summed E-state index contributed by atoms with van der Waals surface area (Å²) in [6.07, 6.45) is 0.371. The topological polar surface area (TPSA) is 59.5 Å². The number of aromatic nitrogens is 1. The Hall–Kier alpha value is -1.57. The molecule has 0 aliphatic carbocycles. The second kappa shape index (κ2) is 6.90. The van der Waals surface area contributed by atoms with E-state index in [2.05, 4.69) is 4.98 Å². The minimum atomic E-state index is 0.0654. The molecule has 3 rings (SSSR count). The summed E-state index contributed by atoms with van der Waals surface area (Å²) in [4.78, 5) is 32.9. The number of Topliss-reactive ketones (excluding diaryl/α,β-unsaturated/α-hetero) is 1. The fourth-order valence-electron chi connectivity index (χ4n) is 2.47. The van der Waals surface area contributed by atoms with Crippen LogP contribution in [0.5, 0.6) is 0 Å². The molecule has 0 bridgehead atoms. The van der Waals surface area contributed by atoms with E-state index < -0.39 is 0 Å². The van der Waals surface area contributed by atoms with Gasteiger partial charge in [-0.3, -0.25) is 9.59 Å². The minimum Gasteiger partial charge on any atom is -0.378 e. The van der Waals surface area contributed by atoms with Crippen molar-refractivity contribution < 1.29 is 14.3 Å². The van der Waals surface area contributed by atoms with Crippen molar-refractivity contribution in [3.8, 4) is 9.75 Å². The Balaban J connectivity index is 1.80. The molecule has 0 saturated carbocycles. The zero-order valence-corrected chi connectivity index (χ0v) is 14.8. The lowest BCUT2D eigenvalue weighted by Crippen LogP contribution is -2.40. The molecule has 2 aromatic heterocycles. The highest BCUT2D eigenvalue weighted by atomic mass is 32.1. The number of hydrogen-bond donors (Lipinski definition) is 0. The van der Waals surface area contributed by atoms with Crippen molar-refractivity contribution in [2.45, 2.75) is 20.3 Å². The summed E-state index contributed by atoms with van der Waals surface area (Å²) < 4.78 is 5.29. The standard InChI is InChI=1S/C16H18N2O3S2/c1-10(19)9-14-17-11(2)15(23-14)12-3-4-13(22-12)16(20)18-5-7-21-8-6-18/h3-4H,5-9H2,1-2H3. The molecule has 1 amide bonds. The first-order valence-corrected chi connectivity index (χ1v) is 9.11. The van der Waals surface area contributed by atoms with E-state index in [1.807, 2.05) is 24.0 Å². The molecule has 2 aromatic rings. The Morgan fingerprint density at radius 2 is 2.00 bits per heavy atom. The van der Waals surface area contributed by atoms with E-state index in [-0.39, 0.29) is 11.7 Å². The lowest BCUT2D eigenvalue weighted by molar-refractivity contribution is -0.116. The van der Waals surface area contributed by atoms with Gasteiger partial charge in [0.05, 0.1) is 35.1 Å². The molecular formula is C16H18N2O3S2. The number of rotatable bonds is 4. The highest BCUT2D eigenvalue weighted by Gasteiger charge is 2.21. The first kappa shape index (κ1) is 16.3. The van der Waals surface area contributed by atoms with Gasteiger partial charge < -0.3 is 9.64 Å². The average molecular weight is 350 g/mol. The predicted molar refractivity (Wildman–Crippen MR) is 91.3 cm³/mol. The monoisotopic (exact) mass is 350 g/mol. The second-order valence-electron chi connectivity index (χ2n) is 5.47. The van der Waals surface area contributed by atoms with Crippen molar-refractivity contribution in [1.29, 1.82) is 0 Å². The van der Waals surface area contributed by atoms with Gasteiger partial charge in [-0.1, -0.05) is 0 Å². The van der Waals surface area contributed by atoms with E-state index in [0.717, 1.165) is 25.3 Å². The van der Waals surface area contributed by atoms with Gasteiger partial charge in [0.25, 0.3) is 5.91 Å². The molecule has 122 valence electrons. The molecule has 0 radical (unpaired) electrons. The van der Waals surface area contributed by atoms with E-state index in [1.54, 1.807) is 6.92 Å². The third-order valence-corrected chi connectivity index (χ3v) is 5.99. The maximum atomic E-state index is 12.5. The zero-order valence-electron chi connectivity index (χ0n) is 13.1. The lowest BCUT2D eigenvalue weighted by atomic mass is 10.3. The van der Waals surface area contributed by atoms with Gasteiger partial charge >= 0.3 is 0 Å². The largest absolute Gasteiger partial charge is 0.378 e. The fraction of sp³-hybridized carbons (Fsp3) is 0.438. The number of thiophene rings is 1. The number of nitrogens with zero attached hydrogens (tertiary/aromatic N) is 2. The number of amides is 1. The maximum Gasteiger partial charge on any atom is 0.264 e. The summed E-state index contributed by atoms with van der Waals surface area (Å²) in [7, 11) is 0. The molecule has 1 saturated heterocycles. The summed E-state index contributed by atoms with van der Waals surface area (Å²) in [6, 6.07) is 3.85. The molecular weight excluding hydrogens is 332 g/mol. The Morgan fingerprint density at radius 3 is 2.70 bits per heavy atom. The molecule has 23 heavy (non-hydrogen) atoms. The van der Waals surface area contributed by atoms with E-state index in [1.165, 1.54) is 22.7 Å². The number of ketones is 1. The van der Waals surface area contributed by atoms with Crippen LogP contribution in [0.1, 0.15) is 27.3 Å². The highest BCUT2D eigenvalue weighted by molar-refractivity contribution is 7.23. The van der Waals surface area contributed by atoms with Crippen molar-refractivity contribution in [3.63, 3.8) is 0 Å². The molecule has 0 atom stereocenters. The van der Waals surface area contributed by atoms with Gasteiger partial charge in [-0.05, 0) is 26.0 Å². The van der Waals surface area contributed by atoms with Crippen LogP contribution in [0, 0.1) is 6.92 Å². The number of thiazole rings is 1. The van der Waals surface area contributed by atoms with Gasteiger partial charge in [0, 0.05) is 18.0 Å². The van der Waals surface area contributed by atoms with Crippen LogP contribution < -0.4 is 0 Å². The molecule has 0 aromatic carbocycles. The van der Waals surface area contributed by atoms with Gasteiger partial charge in [0.15, 0.2) is 0 Å². The molecule has 0 N–H and O–H groups in total. The van der Waals surface area contributed by atoms with Crippen molar-refractivity contribution >= 4 is 34.4 Å². The Kier molecular flexibility index (Phi) is 4.89. The van der Waals surface area contributed by atoms with Crippen LogP contribution in [0.3, 0.4) is 0 Å². The van der Waals surface area contributed by atoms with Gasteiger partial charge in [-0.25, -0.2) is 4.98 Å². The third kappa shape index (κ3) is 3.68. The van der Waals surface area contributed by atoms with Crippen molar-refractivity contribution in [3.05, 3.63) is 27.7 Å². The summed E-state index contributed by atoms with van der Waals surface area (Å²) in [5, 5.41) is 0.833. The number of carbonyl (C=O) groups excluding carboxylic acids is 2. The van der Waals surface area contributed by atoms with Gasteiger partial charge in [0.1, 0.15) is 10.8 Å². The number of carbonyl (C=O) groups is 2. The number of hydrogen-bond acceptors (Lipinski definition) is 6. The van der Waals surface area contributed by atoms with Crippen molar-refractivity contribution in [2.75, 3.05) is 26.3 Å². The van der Waals surface area contributed by atoms with E-state index >= 15 is 0 Å². The van der Waals surface area contributed by atoms with Crippen LogP contribution in [-0.2, 0) is 16.0 Å². The van der Waals surface area contributed by atoms with Crippen LogP contribution in [-0.4, -0.2) is 47.9 Å². The number of morpholine rings is 1. The minimum absolute atomic E-state index is 0.0654.